The second-order valence-electron chi connectivity index (χ2n) is 5.69. The quantitative estimate of drug-likeness (QED) is 0.844. The third-order valence-corrected chi connectivity index (χ3v) is 3.96. The highest BCUT2D eigenvalue weighted by atomic mass is 16.5. The van der Waals surface area contributed by atoms with Gasteiger partial charge in [-0.2, -0.15) is 0 Å². The molecule has 6 nitrogen and oxygen atoms in total. The number of aromatic nitrogens is 1. The molecule has 1 aliphatic heterocycles. The SMILES string of the molecule is O=C(O)c1ccc(CNCc2cccc(N3CCOCC3)n2)cc1. The van der Waals surface area contributed by atoms with E-state index in [1.54, 1.807) is 12.1 Å². The number of carbonyl (C=O) groups is 1. The molecule has 1 aromatic heterocycles. The van der Waals surface area contributed by atoms with Crippen LogP contribution in [0.4, 0.5) is 5.82 Å². The number of aromatic carboxylic acids is 1. The van der Waals surface area contributed by atoms with Crippen LogP contribution in [-0.2, 0) is 17.8 Å². The molecule has 2 heterocycles. The fraction of sp³-hybridized carbons (Fsp3) is 0.333. The van der Waals surface area contributed by atoms with E-state index in [1.807, 2.05) is 30.3 Å². The molecule has 0 radical (unpaired) electrons. The summed E-state index contributed by atoms with van der Waals surface area (Å²) in [5, 5.41) is 12.2. The number of benzene rings is 1. The number of carboxylic acid groups (broad SMARTS) is 1. The fourth-order valence-corrected chi connectivity index (χ4v) is 2.63. The van der Waals surface area contributed by atoms with Crippen LogP contribution >= 0.6 is 0 Å². The van der Waals surface area contributed by atoms with Crippen molar-refractivity contribution in [3.8, 4) is 0 Å². The average molecular weight is 327 g/mol. The van der Waals surface area contributed by atoms with Crippen molar-refractivity contribution < 1.29 is 14.6 Å². The Balaban J connectivity index is 1.53. The van der Waals surface area contributed by atoms with E-state index >= 15 is 0 Å². The lowest BCUT2D eigenvalue weighted by atomic mass is 10.1. The summed E-state index contributed by atoms with van der Waals surface area (Å²) in [4.78, 5) is 17.8. The summed E-state index contributed by atoms with van der Waals surface area (Å²) in [5.41, 5.74) is 2.34. The van der Waals surface area contributed by atoms with Crippen LogP contribution in [0, 0.1) is 0 Å². The largest absolute Gasteiger partial charge is 0.478 e. The van der Waals surface area contributed by atoms with Crippen molar-refractivity contribution in [2.24, 2.45) is 0 Å². The highest BCUT2D eigenvalue weighted by Gasteiger charge is 2.12. The number of hydrogen-bond donors (Lipinski definition) is 2. The molecule has 1 aromatic carbocycles. The topological polar surface area (TPSA) is 74.7 Å². The van der Waals surface area contributed by atoms with Crippen LogP contribution in [0.1, 0.15) is 21.6 Å². The molecule has 0 amide bonds. The Morgan fingerprint density at radius 2 is 1.88 bits per heavy atom. The lowest BCUT2D eigenvalue weighted by Gasteiger charge is -2.28. The van der Waals surface area contributed by atoms with Crippen molar-refractivity contribution in [2.45, 2.75) is 13.1 Å². The number of ether oxygens (including phenoxy) is 1. The first-order chi connectivity index (χ1) is 11.7. The first kappa shape index (κ1) is 16.4. The molecule has 0 aliphatic carbocycles. The maximum Gasteiger partial charge on any atom is 0.335 e. The fourth-order valence-electron chi connectivity index (χ4n) is 2.63. The van der Waals surface area contributed by atoms with Crippen LogP contribution in [0.2, 0.25) is 0 Å². The van der Waals surface area contributed by atoms with Crippen molar-refractivity contribution in [3.05, 3.63) is 59.3 Å². The zero-order chi connectivity index (χ0) is 16.8. The number of rotatable bonds is 6. The summed E-state index contributed by atoms with van der Waals surface area (Å²) in [7, 11) is 0. The Kier molecular flexibility index (Phi) is 5.40. The Hall–Kier alpha value is -2.44. The first-order valence-corrected chi connectivity index (χ1v) is 8.04. The smallest absolute Gasteiger partial charge is 0.335 e. The number of morpholine rings is 1. The van der Waals surface area contributed by atoms with E-state index in [0.717, 1.165) is 43.4 Å². The van der Waals surface area contributed by atoms with Crippen molar-refractivity contribution in [2.75, 3.05) is 31.2 Å². The number of anilines is 1. The predicted molar refractivity (Wildman–Crippen MR) is 91.2 cm³/mol. The molecule has 0 atom stereocenters. The number of pyridine rings is 1. The maximum atomic E-state index is 10.8. The number of carboxylic acids is 1. The van der Waals surface area contributed by atoms with Crippen LogP contribution in [0.15, 0.2) is 42.5 Å². The van der Waals surface area contributed by atoms with E-state index in [-0.39, 0.29) is 0 Å². The van der Waals surface area contributed by atoms with Gasteiger partial charge in [0.05, 0.1) is 24.5 Å². The minimum atomic E-state index is -0.904. The first-order valence-electron chi connectivity index (χ1n) is 8.04. The van der Waals surface area contributed by atoms with Crippen molar-refractivity contribution in [1.29, 1.82) is 0 Å². The molecule has 126 valence electrons. The molecule has 0 spiro atoms. The second-order valence-corrected chi connectivity index (χ2v) is 5.69. The van der Waals surface area contributed by atoms with Gasteiger partial charge in [0, 0.05) is 26.2 Å². The Morgan fingerprint density at radius 1 is 1.12 bits per heavy atom. The van der Waals surface area contributed by atoms with Gasteiger partial charge >= 0.3 is 5.97 Å². The monoisotopic (exact) mass is 327 g/mol. The standard InChI is InChI=1S/C18H21N3O3/c22-18(23)15-6-4-14(5-7-15)12-19-13-16-2-1-3-17(20-16)21-8-10-24-11-9-21/h1-7,19H,8-13H2,(H,22,23). The van der Waals surface area contributed by atoms with E-state index in [1.165, 1.54) is 0 Å². The van der Waals surface area contributed by atoms with Crippen molar-refractivity contribution in [1.82, 2.24) is 10.3 Å². The number of nitrogens with one attached hydrogen (secondary N) is 1. The molecule has 3 rings (SSSR count). The molecule has 1 fully saturated rings. The van der Waals surface area contributed by atoms with Gasteiger partial charge in [0.2, 0.25) is 0 Å². The molecule has 0 bridgehead atoms. The third-order valence-electron chi connectivity index (χ3n) is 3.96. The lowest BCUT2D eigenvalue weighted by molar-refractivity contribution is 0.0697. The Bertz CT molecular complexity index is 682. The predicted octanol–water partition coefficient (Wildman–Crippen LogP) is 1.91. The van der Waals surface area contributed by atoms with Gasteiger partial charge in [-0.15, -0.1) is 0 Å². The molecular weight excluding hydrogens is 306 g/mol. The van der Waals surface area contributed by atoms with Gasteiger partial charge in [-0.1, -0.05) is 18.2 Å². The van der Waals surface area contributed by atoms with Crippen molar-refractivity contribution >= 4 is 11.8 Å². The van der Waals surface area contributed by atoms with Gasteiger partial charge in [0.25, 0.3) is 0 Å². The summed E-state index contributed by atoms with van der Waals surface area (Å²) in [6, 6.07) is 13.0. The molecule has 0 saturated carbocycles. The summed E-state index contributed by atoms with van der Waals surface area (Å²) >= 11 is 0. The summed E-state index contributed by atoms with van der Waals surface area (Å²) in [6.07, 6.45) is 0. The number of hydrogen-bond acceptors (Lipinski definition) is 5. The summed E-state index contributed by atoms with van der Waals surface area (Å²) < 4.78 is 5.37. The van der Waals surface area contributed by atoms with Gasteiger partial charge in [0.15, 0.2) is 0 Å². The zero-order valence-corrected chi connectivity index (χ0v) is 13.4. The minimum Gasteiger partial charge on any atom is -0.478 e. The van der Waals surface area contributed by atoms with E-state index < -0.39 is 5.97 Å². The molecule has 1 saturated heterocycles. The molecule has 2 N–H and O–H groups in total. The van der Waals surface area contributed by atoms with Crippen LogP contribution in [0.3, 0.4) is 0 Å². The van der Waals surface area contributed by atoms with Crippen molar-refractivity contribution in [3.63, 3.8) is 0 Å². The van der Waals surface area contributed by atoms with E-state index in [9.17, 15) is 4.79 Å². The van der Waals surface area contributed by atoms with Gasteiger partial charge in [-0.25, -0.2) is 9.78 Å². The normalized spacial score (nSPS) is 14.6. The van der Waals surface area contributed by atoms with Crippen LogP contribution < -0.4 is 10.2 Å². The molecule has 6 heteroatoms. The highest BCUT2D eigenvalue weighted by Crippen LogP contribution is 2.13. The van der Waals surface area contributed by atoms with E-state index in [0.29, 0.717) is 18.7 Å². The van der Waals surface area contributed by atoms with Gasteiger partial charge in [-0.3, -0.25) is 0 Å². The van der Waals surface area contributed by atoms with Crippen LogP contribution in [0.5, 0.6) is 0 Å². The average Bonchev–Trinajstić information content (AvgIpc) is 2.63. The van der Waals surface area contributed by atoms with Gasteiger partial charge in [-0.05, 0) is 29.8 Å². The second kappa shape index (κ2) is 7.90. The molecular formula is C18H21N3O3. The van der Waals surface area contributed by atoms with Crippen LogP contribution in [0.25, 0.3) is 0 Å². The lowest BCUT2D eigenvalue weighted by Crippen LogP contribution is -2.36. The Morgan fingerprint density at radius 3 is 2.58 bits per heavy atom. The van der Waals surface area contributed by atoms with Gasteiger partial charge < -0.3 is 20.1 Å². The summed E-state index contributed by atoms with van der Waals surface area (Å²) in [5.74, 6) is 0.0852. The minimum absolute atomic E-state index is 0.304. The number of nitrogens with zero attached hydrogens (tertiary/aromatic N) is 2. The summed E-state index contributed by atoms with van der Waals surface area (Å²) in [6.45, 7) is 4.58. The highest BCUT2D eigenvalue weighted by molar-refractivity contribution is 5.87. The molecule has 2 aromatic rings. The van der Waals surface area contributed by atoms with E-state index in [4.69, 9.17) is 14.8 Å². The zero-order valence-electron chi connectivity index (χ0n) is 13.4. The third kappa shape index (κ3) is 4.31. The Labute approximate surface area is 141 Å². The van der Waals surface area contributed by atoms with E-state index in [2.05, 4.69) is 10.2 Å². The maximum absolute atomic E-state index is 10.8. The van der Waals surface area contributed by atoms with Crippen LogP contribution in [-0.4, -0.2) is 42.4 Å². The molecule has 24 heavy (non-hydrogen) atoms. The molecule has 0 unspecified atom stereocenters. The van der Waals surface area contributed by atoms with Gasteiger partial charge in [0.1, 0.15) is 5.82 Å². The molecule has 1 aliphatic rings.